The van der Waals surface area contributed by atoms with Crippen LogP contribution in [0.15, 0.2) is 72.8 Å². The lowest BCUT2D eigenvalue weighted by atomic mass is 10.0. The van der Waals surface area contributed by atoms with Crippen LogP contribution in [-0.4, -0.2) is 85.7 Å². The van der Waals surface area contributed by atoms with Crippen LogP contribution in [0.25, 0.3) is 0 Å². The molecule has 3 aromatic rings. The van der Waals surface area contributed by atoms with Gasteiger partial charge in [-0.15, -0.1) is 0 Å². The van der Waals surface area contributed by atoms with E-state index in [1.807, 2.05) is 54.6 Å². The fraction of sp³-hybridized carbons (Fsp3) is 0.444. The third kappa shape index (κ3) is 8.80. The summed E-state index contributed by atoms with van der Waals surface area (Å²) in [6.45, 7) is 2.37. The Kier molecular flexibility index (Phi) is 10.8. The Labute approximate surface area is 284 Å². The standard InChI is InChI=1S/C36H41ClF3N5O3/c37-27-13-11-25(12-14-27)20-31(42-34(46)21-30-29-8-2-1-6-26(29)22-41-30)35(47)45-18-16-44(17-19-45)32-9-3-4-10-33(32)48-28-7-5-15-43(23-28)24-36(38,39)40/h1-4,6,8-14,28,30-31,41H,5,7,15-24H2,(H,42,46)/t28-,30?,31+/m0/s1. The van der Waals surface area contributed by atoms with Crippen LogP contribution in [0.3, 0.4) is 0 Å². The summed E-state index contributed by atoms with van der Waals surface area (Å²) in [6, 6.07) is 22.0. The molecule has 8 nitrogen and oxygen atoms in total. The van der Waals surface area contributed by atoms with Crippen molar-refractivity contribution in [3.63, 3.8) is 0 Å². The second kappa shape index (κ2) is 15.2. The number of para-hydroxylation sites is 2. The number of fused-ring (bicyclic) bond motifs is 1. The maximum Gasteiger partial charge on any atom is 0.401 e. The predicted octanol–water partition coefficient (Wildman–Crippen LogP) is 5.36. The van der Waals surface area contributed by atoms with Gasteiger partial charge in [-0.1, -0.05) is 60.1 Å². The van der Waals surface area contributed by atoms with E-state index in [0.717, 1.165) is 16.8 Å². The van der Waals surface area contributed by atoms with Crippen molar-refractivity contribution in [3.05, 3.63) is 94.5 Å². The second-order valence-corrected chi connectivity index (χ2v) is 13.2. The van der Waals surface area contributed by atoms with Crippen molar-refractivity contribution in [2.45, 2.75) is 56.6 Å². The SMILES string of the molecule is O=C(CC1NCc2ccccc21)N[C@H](Cc1ccc(Cl)cc1)C(=O)N1CCN(c2ccccc2O[C@H]2CCCN(CC(F)(F)F)C2)CC1. The number of nitrogens with zero attached hydrogens (tertiary/aromatic N) is 3. The minimum atomic E-state index is -4.24. The summed E-state index contributed by atoms with van der Waals surface area (Å²) < 4.78 is 45.3. The average molecular weight is 684 g/mol. The molecule has 0 bridgehead atoms. The van der Waals surface area contributed by atoms with E-state index in [2.05, 4.69) is 21.6 Å². The number of anilines is 1. The number of hydrogen-bond donors (Lipinski definition) is 2. The summed E-state index contributed by atoms with van der Waals surface area (Å²) in [5, 5.41) is 7.04. The molecule has 3 aliphatic heterocycles. The zero-order chi connectivity index (χ0) is 33.7. The predicted molar refractivity (Wildman–Crippen MR) is 179 cm³/mol. The number of carbonyl (C=O) groups is 2. The highest BCUT2D eigenvalue weighted by Crippen LogP contribution is 2.32. The van der Waals surface area contributed by atoms with Crippen LogP contribution in [0, 0.1) is 0 Å². The first-order chi connectivity index (χ1) is 23.1. The highest BCUT2D eigenvalue weighted by Gasteiger charge is 2.35. The molecule has 0 spiro atoms. The van der Waals surface area contributed by atoms with E-state index in [0.29, 0.717) is 69.3 Å². The zero-order valence-electron chi connectivity index (χ0n) is 26.7. The topological polar surface area (TPSA) is 77.2 Å². The highest BCUT2D eigenvalue weighted by molar-refractivity contribution is 6.30. The number of benzene rings is 3. The number of rotatable bonds is 10. The van der Waals surface area contributed by atoms with Gasteiger partial charge in [-0.2, -0.15) is 13.2 Å². The Morgan fingerprint density at radius 1 is 0.958 bits per heavy atom. The number of hydrogen-bond acceptors (Lipinski definition) is 6. The van der Waals surface area contributed by atoms with Crippen molar-refractivity contribution in [1.29, 1.82) is 0 Å². The second-order valence-electron chi connectivity index (χ2n) is 12.8. The maximum absolute atomic E-state index is 14.0. The molecule has 3 aliphatic rings. The molecule has 48 heavy (non-hydrogen) atoms. The molecule has 3 atom stereocenters. The summed E-state index contributed by atoms with van der Waals surface area (Å²) in [5.41, 5.74) is 4.03. The molecular formula is C36H41ClF3N5O3. The lowest BCUT2D eigenvalue weighted by Crippen LogP contribution is -2.55. The summed E-state index contributed by atoms with van der Waals surface area (Å²) in [5.74, 6) is 0.290. The van der Waals surface area contributed by atoms with Crippen molar-refractivity contribution < 1.29 is 27.5 Å². The van der Waals surface area contributed by atoms with Gasteiger partial charge in [0, 0.05) is 63.2 Å². The van der Waals surface area contributed by atoms with E-state index >= 15 is 0 Å². The van der Waals surface area contributed by atoms with Crippen molar-refractivity contribution >= 4 is 29.1 Å². The minimum Gasteiger partial charge on any atom is -0.487 e. The van der Waals surface area contributed by atoms with Crippen LogP contribution in [0.2, 0.25) is 5.02 Å². The summed E-state index contributed by atoms with van der Waals surface area (Å²) in [4.78, 5) is 32.7. The van der Waals surface area contributed by atoms with Gasteiger partial charge in [0.15, 0.2) is 0 Å². The van der Waals surface area contributed by atoms with E-state index < -0.39 is 18.8 Å². The van der Waals surface area contributed by atoms with Gasteiger partial charge in [-0.25, -0.2) is 0 Å². The number of carbonyl (C=O) groups excluding carboxylic acids is 2. The fourth-order valence-corrected chi connectivity index (χ4v) is 7.07. The summed E-state index contributed by atoms with van der Waals surface area (Å²) >= 11 is 6.10. The van der Waals surface area contributed by atoms with Crippen LogP contribution < -0.4 is 20.3 Å². The van der Waals surface area contributed by atoms with Gasteiger partial charge in [-0.05, 0) is 60.3 Å². The Morgan fingerprint density at radius 3 is 2.46 bits per heavy atom. The molecule has 3 aromatic carbocycles. The lowest BCUT2D eigenvalue weighted by Gasteiger charge is -2.39. The minimum absolute atomic E-state index is 0.111. The molecular weight excluding hydrogens is 643 g/mol. The van der Waals surface area contributed by atoms with Crippen molar-refractivity contribution in [1.82, 2.24) is 20.4 Å². The number of nitrogens with one attached hydrogen (secondary N) is 2. The highest BCUT2D eigenvalue weighted by atomic mass is 35.5. The van der Waals surface area contributed by atoms with Crippen molar-refractivity contribution in [2.75, 3.05) is 50.7 Å². The normalized spacial score (nSPS) is 20.7. The van der Waals surface area contributed by atoms with Crippen molar-refractivity contribution in [2.24, 2.45) is 0 Å². The van der Waals surface area contributed by atoms with E-state index in [1.165, 1.54) is 10.5 Å². The van der Waals surface area contributed by atoms with E-state index in [9.17, 15) is 22.8 Å². The molecule has 2 fully saturated rings. The van der Waals surface area contributed by atoms with Crippen LogP contribution in [0.5, 0.6) is 5.75 Å². The van der Waals surface area contributed by atoms with Gasteiger partial charge in [0.25, 0.3) is 0 Å². The lowest BCUT2D eigenvalue weighted by molar-refractivity contribution is -0.150. The largest absolute Gasteiger partial charge is 0.487 e. The summed E-state index contributed by atoms with van der Waals surface area (Å²) in [6.07, 6.45) is -2.69. The number of halogens is 4. The maximum atomic E-state index is 14.0. The molecule has 12 heteroatoms. The van der Waals surface area contributed by atoms with Gasteiger partial charge >= 0.3 is 6.18 Å². The molecule has 3 heterocycles. The first-order valence-corrected chi connectivity index (χ1v) is 16.9. The van der Waals surface area contributed by atoms with Crippen LogP contribution >= 0.6 is 11.6 Å². The van der Waals surface area contributed by atoms with Gasteiger partial charge in [-0.3, -0.25) is 14.5 Å². The molecule has 2 amide bonds. The Morgan fingerprint density at radius 2 is 1.69 bits per heavy atom. The van der Waals surface area contributed by atoms with Crippen LogP contribution in [0.1, 0.15) is 42.0 Å². The Balaban J connectivity index is 1.09. The molecule has 256 valence electrons. The van der Waals surface area contributed by atoms with Crippen LogP contribution in [0.4, 0.5) is 18.9 Å². The number of piperazine rings is 1. The van der Waals surface area contributed by atoms with Gasteiger partial charge in [0.2, 0.25) is 11.8 Å². The molecule has 0 radical (unpaired) electrons. The third-order valence-corrected chi connectivity index (χ3v) is 9.55. The molecule has 6 rings (SSSR count). The molecule has 0 aliphatic carbocycles. The van der Waals surface area contributed by atoms with Gasteiger partial charge in [0.05, 0.1) is 12.2 Å². The average Bonchev–Trinajstić information content (AvgIpc) is 3.47. The smallest absolute Gasteiger partial charge is 0.401 e. The summed E-state index contributed by atoms with van der Waals surface area (Å²) in [7, 11) is 0. The molecule has 0 aromatic heterocycles. The Bertz CT molecular complexity index is 1560. The van der Waals surface area contributed by atoms with E-state index in [1.54, 1.807) is 17.0 Å². The first-order valence-electron chi connectivity index (χ1n) is 16.5. The van der Waals surface area contributed by atoms with Gasteiger partial charge < -0.3 is 25.2 Å². The first kappa shape index (κ1) is 34.1. The number of piperidine rings is 1. The molecule has 2 saturated heterocycles. The molecule has 1 unspecified atom stereocenters. The molecule has 2 N–H and O–H groups in total. The monoisotopic (exact) mass is 683 g/mol. The third-order valence-electron chi connectivity index (χ3n) is 9.30. The molecule has 0 saturated carbocycles. The van der Waals surface area contributed by atoms with E-state index in [4.69, 9.17) is 16.3 Å². The fourth-order valence-electron chi connectivity index (χ4n) is 6.95. The Hall–Kier alpha value is -3.80. The number of alkyl halides is 3. The van der Waals surface area contributed by atoms with Gasteiger partial charge in [0.1, 0.15) is 17.9 Å². The van der Waals surface area contributed by atoms with E-state index in [-0.39, 0.29) is 36.9 Å². The number of amides is 2. The van der Waals surface area contributed by atoms with Crippen molar-refractivity contribution in [3.8, 4) is 5.75 Å². The quantitative estimate of drug-likeness (QED) is 0.300. The number of likely N-dealkylation sites (tertiary alicyclic amines) is 1. The number of ether oxygens (including phenoxy) is 1. The zero-order valence-corrected chi connectivity index (χ0v) is 27.5. The van der Waals surface area contributed by atoms with Crippen LogP contribution in [-0.2, 0) is 22.6 Å².